The van der Waals surface area contributed by atoms with Crippen LogP contribution in [-0.4, -0.2) is 18.2 Å². The van der Waals surface area contributed by atoms with Gasteiger partial charge in [-0.15, -0.1) is 0 Å². The summed E-state index contributed by atoms with van der Waals surface area (Å²) >= 11 is 4.80. The summed E-state index contributed by atoms with van der Waals surface area (Å²) in [7, 11) is 0. The Morgan fingerprint density at radius 1 is 1.12 bits per heavy atom. The van der Waals surface area contributed by atoms with E-state index < -0.39 is 0 Å². The lowest BCUT2D eigenvalue weighted by atomic mass is 10.2. The first-order valence-electron chi connectivity index (χ1n) is 5.86. The standard InChI is InChI=1S/C13H19NO2S/c1-2-15-11-6-8-12(9-7-11)16-10-4-3-5-13(14)17/h6-9H,2-5,10H2,1H3,(H2,14,17). The van der Waals surface area contributed by atoms with Gasteiger partial charge in [0.15, 0.2) is 0 Å². The number of hydrogen-bond donors (Lipinski definition) is 1. The van der Waals surface area contributed by atoms with E-state index >= 15 is 0 Å². The minimum absolute atomic E-state index is 0.575. The molecule has 1 aromatic carbocycles. The van der Waals surface area contributed by atoms with Crippen molar-refractivity contribution in [3.8, 4) is 11.5 Å². The molecule has 3 nitrogen and oxygen atoms in total. The molecule has 0 heterocycles. The third-order valence-electron chi connectivity index (χ3n) is 2.22. The van der Waals surface area contributed by atoms with Crippen LogP contribution in [-0.2, 0) is 0 Å². The Hall–Kier alpha value is -1.29. The van der Waals surface area contributed by atoms with Crippen LogP contribution in [0.25, 0.3) is 0 Å². The second-order valence-electron chi connectivity index (χ2n) is 3.68. The van der Waals surface area contributed by atoms with Crippen LogP contribution < -0.4 is 15.2 Å². The van der Waals surface area contributed by atoms with Gasteiger partial charge in [-0.25, -0.2) is 0 Å². The van der Waals surface area contributed by atoms with Gasteiger partial charge >= 0.3 is 0 Å². The zero-order valence-corrected chi connectivity index (χ0v) is 11.0. The van der Waals surface area contributed by atoms with Crippen LogP contribution in [0.5, 0.6) is 11.5 Å². The molecule has 0 fully saturated rings. The van der Waals surface area contributed by atoms with Crippen molar-refractivity contribution in [2.75, 3.05) is 13.2 Å². The largest absolute Gasteiger partial charge is 0.494 e. The quantitative estimate of drug-likeness (QED) is 0.571. The minimum atomic E-state index is 0.575. The van der Waals surface area contributed by atoms with Gasteiger partial charge < -0.3 is 15.2 Å². The van der Waals surface area contributed by atoms with Gasteiger partial charge in [0.1, 0.15) is 11.5 Å². The Labute approximate surface area is 108 Å². The van der Waals surface area contributed by atoms with Crippen LogP contribution in [0.3, 0.4) is 0 Å². The molecule has 0 spiro atoms. The summed E-state index contributed by atoms with van der Waals surface area (Å²) in [5, 5.41) is 0. The fraction of sp³-hybridized carbons (Fsp3) is 0.462. The third-order valence-corrected chi connectivity index (χ3v) is 2.43. The molecule has 0 saturated carbocycles. The fourth-order valence-electron chi connectivity index (χ4n) is 1.39. The fourth-order valence-corrected chi connectivity index (χ4v) is 1.53. The molecule has 17 heavy (non-hydrogen) atoms. The number of hydrogen-bond acceptors (Lipinski definition) is 3. The molecule has 1 rings (SSSR count). The molecule has 0 unspecified atom stereocenters. The van der Waals surface area contributed by atoms with Crippen molar-refractivity contribution in [1.82, 2.24) is 0 Å². The van der Waals surface area contributed by atoms with Gasteiger partial charge in [-0.2, -0.15) is 0 Å². The molecule has 0 aliphatic carbocycles. The zero-order valence-electron chi connectivity index (χ0n) is 10.1. The second kappa shape index (κ2) is 7.90. The molecular formula is C13H19NO2S. The molecule has 4 heteroatoms. The Morgan fingerprint density at radius 3 is 2.24 bits per heavy atom. The maximum Gasteiger partial charge on any atom is 0.119 e. The summed E-state index contributed by atoms with van der Waals surface area (Å²) in [5.74, 6) is 1.73. The van der Waals surface area contributed by atoms with Crippen molar-refractivity contribution in [3.63, 3.8) is 0 Å². The van der Waals surface area contributed by atoms with Crippen LogP contribution in [0.4, 0.5) is 0 Å². The average molecular weight is 253 g/mol. The molecule has 2 N–H and O–H groups in total. The minimum Gasteiger partial charge on any atom is -0.494 e. The van der Waals surface area contributed by atoms with Gasteiger partial charge in [0.25, 0.3) is 0 Å². The van der Waals surface area contributed by atoms with Crippen molar-refractivity contribution in [2.24, 2.45) is 5.73 Å². The highest BCUT2D eigenvalue weighted by Gasteiger charge is 1.96. The van der Waals surface area contributed by atoms with E-state index in [-0.39, 0.29) is 0 Å². The van der Waals surface area contributed by atoms with Crippen molar-refractivity contribution in [1.29, 1.82) is 0 Å². The van der Waals surface area contributed by atoms with Gasteiger partial charge in [0, 0.05) is 0 Å². The Kier molecular flexibility index (Phi) is 6.40. The van der Waals surface area contributed by atoms with Crippen molar-refractivity contribution in [2.45, 2.75) is 26.2 Å². The summed E-state index contributed by atoms with van der Waals surface area (Å²) in [4.78, 5) is 0.575. The highest BCUT2D eigenvalue weighted by molar-refractivity contribution is 7.80. The van der Waals surface area contributed by atoms with E-state index in [1.54, 1.807) is 0 Å². The van der Waals surface area contributed by atoms with Crippen LogP contribution in [0, 0.1) is 0 Å². The van der Waals surface area contributed by atoms with E-state index in [0.717, 1.165) is 30.8 Å². The van der Waals surface area contributed by atoms with Crippen LogP contribution in [0.15, 0.2) is 24.3 Å². The highest BCUT2D eigenvalue weighted by atomic mass is 32.1. The van der Waals surface area contributed by atoms with E-state index in [1.165, 1.54) is 0 Å². The van der Waals surface area contributed by atoms with Gasteiger partial charge in [0.2, 0.25) is 0 Å². The summed E-state index contributed by atoms with van der Waals surface area (Å²) in [6.07, 6.45) is 2.74. The molecule has 94 valence electrons. The lowest BCUT2D eigenvalue weighted by molar-refractivity contribution is 0.306. The van der Waals surface area contributed by atoms with Crippen molar-refractivity contribution >= 4 is 17.2 Å². The maximum atomic E-state index is 5.58. The van der Waals surface area contributed by atoms with Gasteiger partial charge in [-0.1, -0.05) is 12.2 Å². The third kappa shape index (κ3) is 6.12. The number of unbranched alkanes of at least 4 members (excludes halogenated alkanes) is 1. The van der Waals surface area contributed by atoms with Crippen LogP contribution >= 0.6 is 12.2 Å². The van der Waals surface area contributed by atoms with E-state index in [9.17, 15) is 0 Å². The van der Waals surface area contributed by atoms with Crippen LogP contribution in [0.1, 0.15) is 26.2 Å². The molecule has 0 amide bonds. The molecule has 1 aromatic rings. The monoisotopic (exact) mass is 253 g/mol. The summed E-state index contributed by atoms with van der Waals surface area (Å²) in [5.41, 5.74) is 5.41. The normalized spacial score (nSPS) is 9.94. The average Bonchev–Trinajstić information content (AvgIpc) is 2.31. The highest BCUT2D eigenvalue weighted by Crippen LogP contribution is 2.17. The lowest BCUT2D eigenvalue weighted by Crippen LogP contribution is -2.07. The first-order chi connectivity index (χ1) is 8.22. The Morgan fingerprint density at radius 2 is 1.71 bits per heavy atom. The van der Waals surface area contributed by atoms with E-state index in [2.05, 4.69) is 0 Å². The van der Waals surface area contributed by atoms with Gasteiger partial charge in [0.05, 0.1) is 18.2 Å². The summed E-state index contributed by atoms with van der Waals surface area (Å²) in [6.45, 7) is 3.34. The Balaban J connectivity index is 2.20. The van der Waals surface area contributed by atoms with Crippen molar-refractivity contribution in [3.05, 3.63) is 24.3 Å². The SMILES string of the molecule is CCOc1ccc(OCCCCC(N)=S)cc1. The van der Waals surface area contributed by atoms with Gasteiger partial charge in [-0.05, 0) is 50.5 Å². The number of nitrogens with two attached hydrogens (primary N) is 1. The molecule has 0 bridgehead atoms. The van der Waals surface area contributed by atoms with Gasteiger partial charge in [-0.3, -0.25) is 0 Å². The molecule has 0 atom stereocenters. The predicted octanol–water partition coefficient (Wildman–Crippen LogP) is 2.92. The van der Waals surface area contributed by atoms with Crippen LogP contribution in [0.2, 0.25) is 0 Å². The second-order valence-corrected chi connectivity index (χ2v) is 4.20. The van der Waals surface area contributed by atoms with Crippen molar-refractivity contribution < 1.29 is 9.47 Å². The molecule has 0 aliphatic heterocycles. The van der Waals surface area contributed by atoms with E-state index in [1.807, 2.05) is 31.2 Å². The predicted molar refractivity (Wildman–Crippen MR) is 73.7 cm³/mol. The van der Waals surface area contributed by atoms with E-state index in [0.29, 0.717) is 18.2 Å². The molecule has 0 saturated heterocycles. The smallest absolute Gasteiger partial charge is 0.119 e. The summed E-state index contributed by atoms with van der Waals surface area (Å²) < 4.78 is 10.9. The molecule has 0 aromatic heterocycles. The number of benzene rings is 1. The zero-order chi connectivity index (χ0) is 12.5. The first kappa shape index (κ1) is 13.8. The Bertz CT molecular complexity index is 338. The van der Waals surface area contributed by atoms with E-state index in [4.69, 9.17) is 27.4 Å². The number of thiocarbonyl (C=S) groups is 1. The molecule has 0 radical (unpaired) electrons. The number of rotatable bonds is 8. The number of ether oxygens (including phenoxy) is 2. The maximum absolute atomic E-state index is 5.58. The summed E-state index contributed by atoms with van der Waals surface area (Å²) in [6, 6.07) is 7.65. The molecule has 0 aliphatic rings. The topological polar surface area (TPSA) is 44.5 Å². The first-order valence-corrected chi connectivity index (χ1v) is 6.27. The molecular weight excluding hydrogens is 234 g/mol. The lowest BCUT2D eigenvalue weighted by Gasteiger charge is -2.07.